The SMILES string of the molecule is CCOP(=O)(CC(C)=Nc1ccccc1)OCC. The summed E-state index contributed by atoms with van der Waals surface area (Å²) in [6, 6.07) is 9.55. The van der Waals surface area contributed by atoms with E-state index in [2.05, 4.69) is 4.99 Å². The maximum absolute atomic E-state index is 12.3. The van der Waals surface area contributed by atoms with Gasteiger partial charge in [-0.25, -0.2) is 0 Å². The largest absolute Gasteiger partial charge is 0.336 e. The van der Waals surface area contributed by atoms with Gasteiger partial charge in [-0.1, -0.05) is 18.2 Å². The molecule has 0 spiro atoms. The van der Waals surface area contributed by atoms with Gasteiger partial charge in [-0.05, 0) is 32.9 Å². The lowest BCUT2D eigenvalue weighted by atomic mass is 10.3. The standard InChI is InChI=1S/C13H20NO3P/c1-4-16-18(15,17-5-2)11-12(3)14-13-9-7-6-8-10-13/h6-10H,4-5,11H2,1-3H3. The van der Waals surface area contributed by atoms with E-state index in [9.17, 15) is 4.57 Å². The second-order valence-electron chi connectivity index (χ2n) is 3.79. The van der Waals surface area contributed by atoms with Crippen LogP contribution in [-0.4, -0.2) is 25.1 Å². The third kappa shape index (κ3) is 5.13. The van der Waals surface area contributed by atoms with Crippen LogP contribution in [0.5, 0.6) is 0 Å². The average Bonchev–Trinajstić information content (AvgIpc) is 2.30. The highest BCUT2D eigenvalue weighted by molar-refractivity contribution is 7.54. The Morgan fingerprint density at radius 3 is 2.22 bits per heavy atom. The van der Waals surface area contributed by atoms with Gasteiger partial charge in [0.25, 0.3) is 0 Å². The Balaban J connectivity index is 2.75. The maximum atomic E-state index is 12.3. The average molecular weight is 269 g/mol. The Bertz CT molecular complexity index is 421. The van der Waals surface area contributed by atoms with Crippen LogP contribution in [0.3, 0.4) is 0 Å². The van der Waals surface area contributed by atoms with Crippen molar-refractivity contribution >= 4 is 19.0 Å². The van der Waals surface area contributed by atoms with E-state index in [1.807, 2.05) is 37.3 Å². The molecule has 0 aromatic heterocycles. The molecule has 0 bridgehead atoms. The minimum atomic E-state index is -3.04. The first-order valence-electron chi connectivity index (χ1n) is 6.07. The Morgan fingerprint density at radius 2 is 1.72 bits per heavy atom. The van der Waals surface area contributed by atoms with Crippen LogP contribution in [0, 0.1) is 0 Å². The summed E-state index contributed by atoms with van der Waals surface area (Å²) in [6.45, 7) is 6.17. The molecule has 100 valence electrons. The van der Waals surface area contributed by atoms with Crippen LogP contribution in [0.4, 0.5) is 5.69 Å². The zero-order valence-electron chi connectivity index (χ0n) is 11.1. The lowest BCUT2D eigenvalue weighted by Crippen LogP contribution is -2.06. The molecule has 18 heavy (non-hydrogen) atoms. The molecule has 0 atom stereocenters. The van der Waals surface area contributed by atoms with E-state index >= 15 is 0 Å². The first-order valence-corrected chi connectivity index (χ1v) is 7.79. The maximum Gasteiger partial charge on any atom is 0.336 e. The molecule has 0 heterocycles. The predicted octanol–water partition coefficient (Wildman–Crippen LogP) is 4.05. The van der Waals surface area contributed by atoms with Crippen LogP contribution in [0.2, 0.25) is 0 Å². The fourth-order valence-corrected chi connectivity index (χ4v) is 3.24. The first kappa shape index (κ1) is 15.1. The van der Waals surface area contributed by atoms with Gasteiger partial charge < -0.3 is 9.05 Å². The van der Waals surface area contributed by atoms with E-state index in [-0.39, 0.29) is 6.16 Å². The molecule has 0 aliphatic carbocycles. The van der Waals surface area contributed by atoms with Gasteiger partial charge in [0.1, 0.15) is 0 Å². The van der Waals surface area contributed by atoms with E-state index in [4.69, 9.17) is 9.05 Å². The molecule has 0 amide bonds. The second kappa shape index (κ2) is 7.47. The summed E-state index contributed by atoms with van der Waals surface area (Å²) in [5, 5.41) is 0. The smallest absolute Gasteiger partial charge is 0.309 e. The normalized spacial score (nSPS) is 12.7. The summed E-state index contributed by atoms with van der Waals surface area (Å²) in [6.07, 6.45) is 0.226. The highest BCUT2D eigenvalue weighted by Crippen LogP contribution is 2.48. The van der Waals surface area contributed by atoms with Gasteiger partial charge in [0.05, 0.1) is 25.1 Å². The Morgan fingerprint density at radius 1 is 1.17 bits per heavy atom. The Kier molecular flexibility index (Phi) is 6.27. The monoisotopic (exact) mass is 269 g/mol. The molecule has 1 rings (SSSR count). The van der Waals surface area contributed by atoms with Crippen molar-refractivity contribution in [3.8, 4) is 0 Å². The quantitative estimate of drug-likeness (QED) is 0.554. The molecule has 5 heteroatoms. The highest BCUT2D eigenvalue weighted by atomic mass is 31.2. The molecular formula is C13H20NO3P. The van der Waals surface area contributed by atoms with Crippen LogP contribution >= 0.6 is 7.60 Å². The molecular weight excluding hydrogens is 249 g/mol. The zero-order chi connectivity index (χ0) is 13.4. The molecule has 0 fully saturated rings. The number of hydrogen-bond acceptors (Lipinski definition) is 4. The second-order valence-corrected chi connectivity index (χ2v) is 5.84. The summed E-state index contributed by atoms with van der Waals surface area (Å²) in [5.74, 6) is 0. The lowest BCUT2D eigenvalue weighted by molar-refractivity contribution is 0.223. The molecule has 1 aromatic carbocycles. The van der Waals surface area contributed by atoms with Gasteiger partial charge in [-0.2, -0.15) is 0 Å². The van der Waals surface area contributed by atoms with Crippen molar-refractivity contribution in [3.63, 3.8) is 0 Å². The van der Waals surface area contributed by atoms with Crippen molar-refractivity contribution in [2.75, 3.05) is 19.4 Å². The molecule has 0 saturated carbocycles. The molecule has 0 N–H and O–H groups in total. The lowest BCUT2D eigenvalue weighted by Gasteiger charge is -2.16. The Labute approximate surface area is 109 Å². The van der Waals surface area contributed by atoms with E-state index < -0.39 is 7.60 Å². The van der Waals surface area contributed by atoms with Gasteiger partial charge in [0.2, 0.25) is 0 Å². The van der Waals surface area contributed by atoms with Crippen LogP contribution in [0.1, 0.15) is 20.8 Å². The van der Waals surface area contributed by atoms with E-state index in [0.717, 1.165) is 11.4 Å². The molecule has 4 nitrogen and oxygen atoms in total. The minimum absolute atomic E-state index is 0.226. The molecule has 1 aromatic rings. The van der Waals surface area contributed by atoms with Gasteiger partial charge in [0.15, 0.2) is 0 Å². The number of aliphatic imine (C=N–C) groups is 1. The van der Waals surface area contributed by atoms with Crippen LogP contribution < -0.4 is 0 Å². The van der Waals surface area contributed by atoms with Gasteiger partial charge >= 0.3 is 7.60 Å². The number of para-hydroxylation sites is 1. The van der Waals surface area contributed by atoms with Crippen molar-refractivity contribution in [1.29, 1.82) is 0 Å². The number of benzene rings is 1. The third-order valence-corrected chi connectivity index (χ3v) is 4.30. The van der Waals surface area contributed by atoms with E-state index in [1.165, 1.54) is 0 Å². The van der Waals surface area contributed by atoms with Crippen molar-refractivity contribution in [2.24, 2.45) is 4.99 Å². The summed E-state index contributed by atoms with van der Waals surface area (Å²) >= 11 is 0. The summed E-state index contributed by atoms with van der Waals surface area (Å²) < 4.78 is 22.8. The van der Waals surface area contributed by atoms with Crippen molar-refractivity contribution in [2.45, 2.75) is 20.8 Å². The van der Waals surface area contributed by atoms with Crippen LogP contribution in [0.15, 0.2) is 35.3 Å². The van der Waals surface area contributed by atoms with Gasteiger partial charge in [-0.3, -0.25) is 9.56 Å². The summed E-state index contributed by atoms with van der Waals surface area (Å²) in [5.41, 5.74) is 1.58. The fourth-order valence-electron chi connectivity index (χ4n) is 1.56. The summed E-state index contributed by atoms with van der Waals surface area (Å²) in [4.78, 5) is 4.39. The van der Waals surface area contributed by atoms with Crippen LogP contribution in [-0.2, 0) is 13.6 Å². The van der Waals surface area contributed by atoms with Crippen molar-refractivity contribution in [1.82, 2.24) is 0 Å². The van der Waals surface area contributed by atoms with Gasteiger partial charge in [0, 0.05) is 5.71 Å². The van der Waals surface area contributed by atoms with Crippen molar-refractivity contribution in [3.05, 3.63) is 30.3 Å². The first-order chi connectivity index (χ1) is 8.59. The fraction of sp³-hybridized carbons (Fsp3) is 0.462. The molecule has 0 unspecified atom stereocenters. The Hall–Kier alpha value is -0.960. The molecule has 0 aliphatic heterocycles. The summed E-state index contributed by atoms with van der Waals surface area (Å²) in [7, 11) is -3.04. The van der Waals surface area contributed by atoms with Gasteiger partial charge in [-0.15, -0.1) is 0 Å². The minimum Gasteiger partial charge on any atom is -0.309 e. The van der Waals surface area contributed by atoms with E-state index in [0.29, 0.717) is 13.2 Å². The molecule has 0 aliphatic rings. The third-order valence-electron chi connectivity index (χ3n) is 2.15. The number of nitrogens with zero attached hydrogens (tertiary/aromatic N) is 1. The number of rotatable bonds is 7. The zero-order valence-corrected chi connectivity index (χ0v) is 12.0. The van der Waals surface area contributed by atoms with Crippen LogP contribution in [0.25, 0.3) is 0 Å². The predicted molar refractivity (Wildman–Crippen MR) is 74.9 cm³/mol. The highest BCUT2D eigenvalue weighted by Gasteiger charge is 2.24. The number of hydrogen-bond donors (Lipinski definition) is 0. The van der Waals surface area contributed by atoms with Crippen molar-refractivity contribution < 1.29 is 13.6 Å². The molecule has 0 saturated heterocycles. The van der Waals surface area contributed by atoms with E-state index in [1.54, 1.807) is 13.8 Å². The molecule has 0 radical (unpaired) electrons. The topological polar surface area (TPSA) is 47.9 Å².